The summed E-state index contributed by atoms with van der Waals surface area (Å²) < 4.78 is 0. The van der Waals surface area contributed by atoms with Crippen molar-refractivity contribution in [1.82, 2.24) is 10.0 Å². The van der Waals surface area contributed by atoms with E-state index >= 15 is 0 Å². The normalized spacial score (nSPS) is 36.4. The number of carbonyl (C=O) groups is 1. The highest BCUT2D eigenvalue weighted by Gasteiger charge is 2.38. The fourth-order valence-corrected chi connectivity index (χ4v) is 2.88. The highest BCUT2D eigenvalue weighted by atomic mass is 16.2. The van der Waals surface area contributed by atoms with Gasteiger partial charge in [0.05, 0.1) is 18.5 Å². The third kappa shape index (κ3) is 1.92. The summed E-state index contributed by atoms with van der Waals surface area (Å²) in [5.74, 6) is 0.000904. The number of nitriles is 1. The molecule has 0 N–H and O–H groups in total. The summed E-state index contributed by atoms with van der Waals surface area (Å²) in [7, 11) is 0. The van der Waals surface area contributed by atoms with E-state index in [1.165, 1.54) is 6.42 Å². The van der Waals surface area contributed by atoms with Crippen LogP contribution < -0.4 is 0 Å². The fraction of sp³-hybridized carbons (Fsp3) is 0.833. The zero-order valence-corrected chi connectivity index (χ0v) is 10.0. The van der Waals surface area contributed by atoms with Gasteiger partial charge in [-0.2, -0.15) is 5.26 Å². The molecule has 0 radical (unpaired) electrons. The molecule has 0 aliphatic carbocycles. The van der Waals surface area contributed by atoms with Crippen molar-refractivity contribution in [1.29, 1.82) is 5.26 Å². The maximum atomic E-state index is 11.9. The molecule has 0 aromatic heterocycles. The molecule has 3 unspecified atom stereocenters. The lowest BCUT2D eigenvalue weighted by atomic mass is 9.99. The third-order valence-electron chi connectivity index (χ3n) is 3.71. The Balaban J connectivity index is 2.11. The van der Waals surface area contributed by atoms with Crippen LogP contribution in [0.3, 0.4) is 0 Å². The number of amides is 1. The Kier molecular flexibility index (Phi) is 3.15. The van der Waals surface area contributed by atoms with Gasteiger partial charge in [0.15, 0.2) is 0 Å². The van der Waals surface area contributed by atoms with Gasteiger partial charge >= 0.3 is 0 Å². The molecule has 2 heterocycles. The number of hydrazine groups is 1. The van der Waals surface area contributed by atoms with Gasteiger partial charge in [-0.1, -0.05) is 6.42 Å². The van der Waals surface area contributed by atoms with E-state index in [-0.39, 0.29) is 11.8 Å². The average Bonchev–Trinajstić information content (AvgIpc) is 2.60. The lowest BCUT2D eigenvalue weighted by Crippen LogP contribution is -2.54. The molecule has 2 rings (SSSR count). The molecular formula is C12H19N3O. The van der Waals surface area contributed by atoms with Crippen molar-refractivity contribution >= 4 is 5.91 Å². The molecule has 2 fully saturated rings. The van der Waals surface area contributed by atoms with E-state index in [1.54, 1.807) is 0 Å². The minimum Gasteiger partial charge on any atom is -0.273 e. The quantitative estimate of drug-likeness (QED) is 0.674. The van der Waals surface area contributed by atoms with E-state index < -0.39 is 0 Å². The molecule has 4 nitrogen and oxygen atoms in total. The van der Waals surface area contributed by atoms with Crippen molar-refractivity contribution in [2.24, 2.45) is 5.92 Å². The lowest BCUT2D eigenvalue weighted by molar-refractivity contribution is -0.156. The summed E-state index contributed by atoms with van der Waals surface area (Å²) in [5, 5.41) is 12.9. The van der Waals surface area contributed by atoms with Gasteiger partial charge in [0.1, 0.15) is 0 Å². The zero-order chi connectivity index (χ0) is 11.7. The van der Waals surface area contributed by atoms with Crippen LogP contribution in [0.1, 0.15) is 39.5 Å². The van der Waals surface area contributed by atoms with Gasteiger partial charge < -0.3 is 0 Å². The van der Waals surface area contributed by atoms with Crippen LogP contribution in [0.15, 0.2) is 0 Å². The van der Waals surface area contributed by atoms with Crippen LogP contribution in [0, 0.1) is 17.2 Å². The van der Waals surface area contributed by atoms with Crippen LogP contribution in [0.5, 0.6) is 0 Å². The molecule has 1 amide bonds. The molecular weight excluding hydrogens is 202 g/mol. The molecule has 88 valence electrons. The van der Waals surface area contributed by atoms with Crippen LogP contribution in [-0.2, 0) is 4.79 Å². The SMILES string of the molecule is CC1CCCC(C)N1N1CC(C#N)CC1=O. The predicted octanol–water partition coefficient (Wildman–Crippen LogP) is 1.54. The Morgan fingerprint density at radius 1 is 1.31 bits per heavy atom. The highest BCUT2D eigenvalue weighted by molar-refractivity contribution is 5.78. The van der Waals surface area contributed by atoms with E-state index in [1.807, 2.05) is 5.01 Å². The standard InChI is InChI=1S/C12H19N3O/c1-9-4-3-5-10(2)15(9)14-8-11(7-13)6-12(14)16/h9-11H,3-6,8H2,1-2H3. The second-order valence-corrected chi connectivity index (χ2v) is 5.01. The molecule has 2 aliphatic heterocycles. The number of nitrogens with zero attached hydrogens (tertiary/aromatic N) is 3. The Hall–Kier alpha value is -1.08. The lowest BCUT2D eigenvalue weighted by Gasteiger charge is -2.44. The number of hydrogen-bond donors (Lipinski definition) is 0. The Morgan fingerprint density at radius 3 is 2.44 bits per heavy atom. The maximum Gasteiger partial charge on any atom is 0.238 e. The summed E-state index contributed by atoms with van der Waals surface area (Å²) in [6, 6.07) is 3.05. The van der Waals surface area contributed by atoms with Crippen molar-refractivity contribution in [2.45, 2.75) is 51.6 Å². The number of carbonyl (C=O) groups excluding carboxylic acids is 1. The zero-order valence-electron chi connectivity index (χ0n) is 10.0. The van der Waals surface area contributed by atoms with Crippen molar-refractivity contribution in [3.8, 4) is 6.07 Å². The van der Waals surface area contributed by atoms with E-state index in [0.717, 1.165) is 12.8 Å². The van der Waals surface area contributed by atoms with E-state index in [2.05, 4.69) is 24.9 Å². The smallest absolute Gasteiger partial charge is 0.238 e. The summed E-state index contributed by atoms with van der Waals surface area (Å²) in [6.45, 7) is 4.93. The monoisotopic (exact) mass is 221 g/mol. The first-order chi connectivity index (χ1) is 7.63. The van der Waals surface area contributed by atoms with Crippen molar-refractivity contribution in [3.05, 3.63) is 0 Å². The molecule has 0 spiro atoms. The van der Waals surface area contributed by atoms with Crippen molar-refractivity contribution < 1.29 is 4.79 Å². The van der Waals surface area contributed by atoms with Gasteiger partial charge in [-0.15, -0.1) is 0 Å². The first-order valence-electron chi connectivity index (χ1n) is 6.11. The molecule has 0 aromatic rings. The van der Waals surface area contributed by atoms with E-state index in [0.29, 0.717) is 25.0 Å². The fourth-order valence-electron chi connectivity index (χ4n) is 2.88. The minimum atomic E-state index is -0.117. The summed E-state index contributed by atoms with van der Waals surface area (Å²) in [4.78, 5) is 11.9. The van der Waals surface area contributed by atoms with Gasteiger partial charge in [-0.3, -0.25) is 9.80 Å². The molecule has 0 aromatic carbocycles. The largest absolute Gasteiger partial charge is 0.273 e. The van der Waals surface area contributed by atoms with E-state index in [4.69, 9.17) is 5.26 Å². The average molecular weight is 221 g/mol. The molecule has 16 heavy (non-hydrogen) atoms. The van der Waals surface area contributed by atoms with Gasteiger partial charge in [0, 0.05) is 18.5 Å². The van der Waals surface area contributed by atoms with Gasteiger partial charge in [0.25, 0.3) is 0 Å². The molecule has 4 heteroatoms. The maximum absolute atomic E-state index is 11.9. The Morgan fingerprint density at radius 2 is 1.94 bits per heavy atom. The Bertz CT molecular complexity index is 313. The van der Waals surface area contributed by atoms with Gasteiger partial charge in [-0.05, 0) is 26.7 Å². The second-order valence-electron chi connectivity index (χ2n) is 5.01. The molecule has 0 saturated carbocycles. The van der Waals surface area contributed by atoms with Crippen LogP contribution in [0.25, 0.3) is 0 Å². The predicted molar refractivity (Wildman–Crippen MR) is 60.0 cm³/mol. The van der Waals surface area contributed by atoms with Crippen LogP contribution >= 0.6 is 0 Å². The molecule has 2 aliphatic rings. The first-order valence-corrected chi connectivity index (χ1v) is 6.11. The second kappa shape index (κ2) is 4.42. The van der Waals surface area contributed by atoms with Crippen LogP contribution in [0.4, 0.5) is 0 Å². The highest BCUT2D eigenvalue weighted by Crippen LogP contribution is 2.28. The molecule has 2 saturated heterocycles. The van der Waals surface area contributed by atoms with E-state index in [9.17, 15) is 4.79 Å². The third-order valence-corrected chi connectivity index (χ3v) is 3.71. The first kappa shape index (κ1) is 11.4. The van der Waals surface area contributed by atoms with Crippen molar-refractivity contribution in [2.75, 3.05) is 6.54 Å². The topological polar surface area (TPSA) is 47.3 Å². The summed E-state index contributed by atoms with van der Waals surface area (Å²) in [5.41, 5.74) is 0. The molecule has 0 bridgehead atoms. The molecule has 3 atom stereocenters. The number of rotatable bonds is 1. The van der Waals surface area contributed by atoms with Crippen molar-refractivity contribution in [3.63, 3.8) is 0 Å². The van der Waals surface area contributed by atoms with Gasteiger partial charge in [-0.25, -0.2) is 5.01 Å². The van der Waals surface area contributed by atoms with Crippen LogP contribution in [-0.4, -0.2) is 34.6 Å². The number of hydrogen-bond acceptors (Lipinski definition) is 3. The number of piperidine rings is 1. The minimum absolute atomic E-state index is 0.117. The summed E-state index contributed by atoms with van der Waals surface area (Å²) in [6.07, 6.45) is 3.92. The van der Waals surface area contributed by atoms with Crippen LogP contribution in [0.2, 0.25) is 0 Å². The summed E-state index contributed by atoms with van der Waals surface area (Å²) >= 11 is 0. The Labute approximate surface area is 96.8 Å². The van der Waals surface area contributed by atoms with Gasteiger partial charge in [0.2, 0.25) is 5.91 Å².